The molecule has 0 saturated carbocycles. The van der Waals surface area contributed by atoms with Crippen LogP contribution in [0.2, 0.25) is 0 Å². The number of ether oxygens (including phenoxy) is 2. The SMILES string of the molecule is CCCOc1ccccc1C(=O)C1CCCCO1. The van der Waals surface area contributed by atoms with Gasteiger partial charge in [-0.3, -0.25) is 4.79 Å². The maximum atomic E-state index is 12.4. The molecule has 98 valence electrons. The zero-order valence-corrected chi connectivity index (χ0v) is 10.9. The number of para-hydroxylation sites is 1. The van der Waals surface area contributed by atoms with Crippen LogP contribution in [-0.2, 0) is 4.74 Å². The van der Waals surface area contributed by atoms with Gasteiger partial charge in [-0.25, -0.2) is 0 Å². The zero-order chi connectivity index (χ0) is 12.8. The van der Waals surface area contributed by atoms with Crippen LogP contribution >= 0.6 is 0 Å². The maximum Gasteiger partial charge on any atom is 0.195 e. The van der Waals surface area contributed by atoms with E-state index in [1.165, 1.54) is 0 Å². The predicted molar refractivity (Wildman–Crippen MR) is 70.1 cm³/mol. The van der Waals surface area contributed by atoms with E-state index in [2.05, 4.69) is 6.92 Å². The van der Waals surface area contributed by atoms with Gasteiger partial charge >= 0.3 is 0 Å². The van der Waals surface area contributed by atoms with Crippen LogP contribution in [0.25, 0.3) is 0 Å². The number of rotatable bonds is 5. The molecule has 0 aromatic heterocycles. The molecule has 0 bridgehead atoms. The van der Waals surface area contributed by atoms with Crippen molar-refractivity contribution in [2.45, 2.75) is 38.7 Å². The van der Waals surface area contributed by atoms with Crippen molar-refractivity contribution in [2.24, 2.45) is 0 Å². The molecule has 3 nitrogen and oxygen atoms in total. The quantitative estimate of drug-likeness (QED) is 0.750. The van der Waals surface area contributed by atoms with Crippen LogP contribution in [0.4, 0.5) is 0 Å². The first kappa shape index (κ1) is 13.1. The van der Waals surface area contributed by atoms with E-state index in [4.69, 9.17) is 9.47 Å². The molecule has 1 heterocycles. The van der Waals surface area contributed by atoms with Crippen molar-refractivity contribution in [2.75, 3.05) is 13.2 Å². The van der Waals surface area contributed by atoms with E-state index in [0.717, 1.165) is 25.7 Å². The summed E-state index contributed by atoms with van der Waals surface area (Å²) in [4.78, 5) is 12.4. The van der Waals surface area contributed by atoms with Gasteiger partial charge in [0.2, 0.25) is 0 Å². The molecule has 0 radical (unpaired) electrons. The highest BCUT2D eigenvalue weighted by Crippen LogP contribution is 2.24. The van der Waals surface area contributed by atoms with Crippen LogP contribution in [-0.4, -0.2) is 25.1 Å². The Labute approximate surface area is 108 Å². The fraction of sp³-hybridized carbons (Fsp3) is 0.533. The van der Waals surface area contributed by atoms with Crippen molar-refractivity contribution < 1.29 is 14.3 Å². The molecule has 0 aliphatic carbocycles. The van der Waals surface area contributed by atoms with Gasteiger partial charge in [0.05, 0.1) is 12.2 Å². The lowest BCUT2D eigenvalue weighted by atomic mass is 9.99. The largest absolute Gasteiger partial charge is 0.493 e. The van der Waals surface area contributed by atoms with Crippen LogP contribution in [0.5, 0.6) is 5.75 Å². The molecule has 0 amide bonds. The Balaban J connectivity index is 2.12. The minimum absolute atomic E-state index is 0.0569. The Morgan fingerprint density at radius 2 is 2.22 bits per heavy atom. The Bertz CT molecular complexity index is 394. The van der Waals surface area contributed by atoms with E-state index in [9.17, 15) is 4.79 Å². The number of carbonyl (C=O) groups excluding carboxylic acids is 1. The third-order valence-electron chi connectivity index (χ3n) is 3.09. The zero-order valence-electron chi connectivity index (χ0n) is 10.9. The van der Waals surface area contributed by atoms with Crippen LogP contribution in [0.3, 0.4) is 0 Å². The van der Waals surface area contributed by atoms with Gasteiger partial charge in [0, 0.05) is 6.61 Å². The summed E-state index contributed by atoms with van der Waals surface area (Å²) in [6, 6.07) is 7.44. The number of carbonyl (C=O) groups is 1. The molecule has 2 rings (SSSR count). The number of Topliss-reactive ketones (excluding diaryl/α,β-unsaturated/α-hetero) is 1. The second kappa shape index (κ2) is 6.55. The molecule has 1 saturated heterocycles. The van der Waals surface area contributed by atoms with E-state index < -0.39 is 0 Å². The lowest BCUT2D eigenvalue weighted by Crippen LogP contribution is -2.28. The lowest BCUT2D eigenvalue weighted by molar-refractivity contribution is 0.0184. The third kappa shape index (κ3) is 3.10. The van der Waals surface area contributed by atoms with Crippen molar-refractivity contribution in [1.82, 2.24) is 0 Å². The van der Waals surface area contributed by atoms with Crippen LogP contribution in [0.15, 0.2) is 24.3 Å². The first-order chi connectivity index (χ1) is 8.83. The first-order valence-corrected chi connectivity index (χ1v) is 6.70. The first-order valence-electron chi connectivity index (χ1n) is 6.70. The Morgan fingerprint density at radius 3 is 2.94 bits per heavy atom. The molecule has 0 N–H and O–H groups in total. The highest BCUT2D eigenvalue weighted by molar-refractivity contribution is 6.01. The van der Waals surface area contributed by atoms with Crippen LogP contribution < -0.4 is 4.74 Å². The van der Waals surface area contributed by atoms with Crippen molar-refractivity contribution >= 4 is 5.78 Å². The topological polar surface area (TPSA) is 35.5 Å². The molecule has 1 fully saturated rings. The number of hydrogen-bond donors (Lipinski definition) is 0. The summed E-state index contributed by atoms with van der Waals surface area (Å²) in [6.45, 7) is 3.37. The molecule has 1 aliphatic heterocycles. The van der Waals surface area contributed by atoms with Crippen molar-refractivity contribution in [3.8, 4) is 5.75 Å². The van der Waals surface area contributed by atoms with Crippen molar-refractivity contribution in [1.29, 1.82) is 0 Å². The summed E-state index contributed by atoms with van der Waals surface area (Å²) in [6.07, 6.45) is 3.58. The summed E-state index contributed by atoms with van der Waals surface area (Å²) in [5.41, 5.74) is 0.651. The van der Waals surface area contributed by atoms with Gasteiger partial charge in [-0.2, -0.15) is 0 Å². The predicted octanol–water partition coefficient (Wildman–Crippen LogP) is 3.23. The van der Waals surface area contributed by atoms with Gasteiger partial charge < -0.3 is 9.47 Å². The molecule has 1 atom stereocenters. The van der Waals surface area contributed by atoms with Crippen molar-refractivity contribution in [3.05, 3.63) is 29.8 Å². The Morgan fingerprint density at radius 1 is 1.39 bits per heavy atom. The summed E-state index contributed by atoms with van der Waals surface area (Å²) in [5.74, 6) is 0.736. The third-order valence-corrected chi connectivity index (χ3v) is 3.09. The normalized spacial score (nSPS) is 19.5. The summed E-state index contributed by atoms with van der Waals surface area (Å²) in [7, 11) is 0. The molecule has 1 unspecified atom stereocenters. The van der Waals surface area contributed by atoms with Gasteiger partial charge in [-0.05, 0) is 37.8 Å². The maximum absolute atomic E-state index is 12.4. The molecule has 18 heavy (non-hydrogen) atoms. The minimum atomic E-state index is -0.287. The van der Waals surface area contributed by atoms with Gasteiger partial charge in [0.25, 0.3) is 0 Å². The van der Waals surface area contributed by atoms with Gasteiger partial charge in [0.1, 0.15) is 11.9 Å². The van der Waals surface area contributed by atoms with Gasteiger partial charge in [-0.15, -0.1) is 0 Å². The minimum Gasteiger partial charge on any atom is -0.493 e. The highest BCUT2D eigenvalue weighted by Gasteiger charge is 2.25. The molecule has 0 spiro atoms. The Kier molecular flexibility index (Phi) is 4.76. The van der Waals surface area contributed by atoms with Gasteiger partial charge in [0.15, 0.2) is 5.78 Å². The second-order valence-corrected chi connectivity index (χ2v) is 4.56. The average Bonchev–Trinajstić information content (AvgIpc) is 2.45. The smallest absolute Gasteiger partial charge is 0.195 e. The summed E-state index contributed by atoms with van der Waals surface area (Å²) < 4.78 is 11.2. The number of benzene rings is 1. The van der Waals surface area contributed by atoms with E-state index >= 15 is 0 Å². The van der Waals surface area contributed by atoms with E-state index in [0.29, 0.717) is 24.5 Å². The number of hydrogen-bond acceptors (Lipinski definition) is 3. The molecule has 1 aromatic carbocycles. The Hall–Kier alpha value is -1.35. The van der Waals surface area contributed by atoms with E-state index in [1.807, 2.05) is 24.3 Å². The van der Waals surface area contributed by atoms with Crippen molar-refractivity contribution in [3.63, 3.8) is 0 Å². The monoisotopic (exact) mass is 248 g/mol. The second-order valence-electron chi connectivity index (χ2n) is 4.56. The molecular weight excluding hydrogens is 228 g/mol. The molecule has 3 heteroatoms. The van der Waals surface area contributed by atoms with Crippen LogP contribution in [0, 0.1) is 0 Å². The van der Waals surface area contributed by atoms with E-state index in [-0.39, 0.29) is 11.9 Å². The molecule has 1 aliphatic rings. The van der Waals surface area contributed by atoms with Gasteiger partial charge in [-0.1, -0.05) is 19.1 Å². The fourth-order valence-electron chi connectivity index (χ4n) is 2.13. The summed E-state index contributed by atoms with van der Waals surface area (Å²) >= 11 is 0. The molecular formula is C15H20O3. The number of ketones is 1. The fourth-order valence-corrected chi connectivity index (χ4v) is 2.13. The highest BCUT2D eigenvalue weighted by atomic mass is 16.5. The van der Waals surface area contributed by atoms with E-state index in [1.54, 1.807) is 0 Å². The average molecular weight is 248 g/mol. The standard InChI is InChI=1S/C15H20O3/c1-2-10-17-13-8-4-3-7-12(13)15(16)14-9-5-6-11-18-14/h3-4,7-8,14H,2,5-6,9-11H2,1H3. The molecule has 1 aromatic rings. The van der Waals surface area contributed by atoms with Crippen LogP contribution in [0.1, 0.15) is 43.0 Å². The summed E-state index contributed by atoms with van der Waals surface area (Å²) in [5, 5.41) is 0. The lowest BCUT2D eigenvalue weighted by Gasteiger charge is -2.22.